The van der Waals surface area contributed by atoms with Crippen LogP contribution in [0.25, 0.3) is 0 Å². The van der Waals surface area contributed by atoms with Gasteiger partial charge in [-0.05, 0) is 48.9 Å². The van der Waals surface area contributed by atoms with Crippen LogP contribution in [0.5, 0.6) is 5.75 Å². The fraction of sp³-hybridized carbons (Fsp3) is 0.231. The van der Waals surface area contributed by atoms with E-state index in [2.05, 4.69) is 15.6 Å². The van der Waals surface area contributed by atoms with Gasteiger partial charge in [-0.3, -0.25) is 19.4 Å². The Hall–Kier alpha value is -4.20. The smallest absolute Gasteiger partial charge is 0.255 e. The highest BCUT2D eigenvalue weighted by Crippen LogP contribution is 2.33. The molecule has 0 bridgehead atoms. The van der Waals surface area contributed by atoms with E-state index in [0.717, 1.165) is 5.56 Å². The molecule has 8 nitrogen and oxygen atoms in total. The lowest BCUT2D eigenvalue weighted by molar-refractivity contribution is -0.126. The normalized spacial score (nSPS) is 15.1. The number of carbonyl (C=O) groups is 3. The third-order valence-electron chi connectivity index (χ3n) is 5.55. The molecule has 1 atom stereocenters. The molecule has 1 aliphatic heterocycles. The zero-order valence-electron chi connectivity index (χ0n) is 18.9. The molecule has 1 fully saturated rings. The molecule has 2 heterocycles. The van der Waals surface area contributed by atoms with Crippen molar-refractivity contribution in [3.05, 3.63) is 84.2 Å². The first-order valence-electron chi connectivity index (χ1n) is 11.2. The van der Waals surface area contributed by atoms with Crippen LogP contribution in [-0.4, -0.2) is 35.9 Å². The molecule has 1 aromatic heterocycles. The first kappa shape index (κ1) is 23.0. The molecule has 2 N–H and O–H groups in total. The highest BCUT2D eigenvalue weighted by molar-refractivity contribution is 6.04. The van der Waals surface area contributed by atoms with Crippen LogP contribution in [0, 0.1) is 5.92 Å². The minimum absolute atomic E-state index is 0.104. The predicted molar refractivity (Wildman–Crippen MR) is 129 cm³/mol. The molecule has 3 amide bonds. The fourth-order valence-electron chi connectivity index (χ4n) is 3.87. The Morgan fingerprint density at radius 1 is 1.09 bits per heavy atom. The van der Waals surface area contributed by atoms with Gasteiger partial charge in [-0.1, -0.05) is 24.3 Å². The van der Waals surface area contributed by atoms with Crippen LogP contribution in [0.4, 0.5) is 11.4 Å². The number of nitrogens with zero attached hydrogens (tertiary/aromatic N) is 2. The van der Waals surface area contributed by atoms with Crippen LogP contribution >= 0.6 is 0 Å². The molecule has 1 aliphatic rings. The van der Waals surface area contributed by atoms with Crippen LogP contribution in [0.1, 0.15) is 29.3 Å². The van der Waals surface area contributed by atoms with E-state index in [-0.39, 0.29) is 30.7 Å². The summed E-state index contributed by atoms with van der Waals surface area (Å²) in [5.41, 5.74) is 2.66. The first-order valence-corrected chi connectivity index (χ1v) is 11.2. The summed E-state index contributed by atoms with van der Waals surface area (Å²) in [6.45, 7) is 2.97. The topological polar surface area (TPSA) is 101 Å². The van der Waals surface area contributed by atoms with Crippen molar-refractivity contribution in [1.82, 2.24) is 10.3 Å². The Kier molecular flexibility index (Phi) is 7.17. The number of amides is 3. The number of hydrogen-bond acceptors (Lipinski definition) is 5. The van der Waals surface area contributed by atoms with E-state index in [1.807, 2.05) is 49.4 Å². The molecular weight excluding hydrogens is 432 g/mol. The SMILES string of the molecule is CCOc1ccccc1N1CC(C(=O)NCc2cccc(NC(=O)c3ccncc3)c2)CC1=O. The number of hydrogen-bond donors (Lipinski definition) is 2. The van der Waals surface area contributed by atoms with Crippen LogP contribution in [0.2, 0.25) is 0 Å². The van der Waals surface area contributed by atoms with Crippen molar-refractivity contribution in [3.63, 3.8) is 0 Å². The second kappa shape index (κ2) is 10.6. The third kappa shape index (κ3) is 5.40. The number of pyridine rings is 1. The van der Waals surface area contributed by atoms with Crippen molar-refractivity contribution in [2.45, 2.75) is 19.9 Å². The minimum Gasteiger partial charge on any atom is -0.492 e. The summed E-state index contributed by atoms with van der Waals surface area (Å²) < 4.78 is 5.64. The van der Waals surface area contributed by atoms with Crippen molar-refractivity contribution in [1.29, 1.82) is 0 Å². The van der Waals surface area contributed by atoms with Gasteiger partial charge < -0.3 is 20.3 Å². The van der Waals surface area contributed by atoms with Crippen LogP contribution in [-0.2, 0) is 16.1 Å². The molecule has 0 spiro atoms. The van der Waals surface area contributed by atoms with E-state index in [1.165, 1.54) is 0 Å². The van der Waals surface area contributed by atoms with E-state index >= 15 is 0 Å². The van der Waals surface area contributed by atoms with Crippen molar-refractivity contribution in [2.24, 2.45) is 5.92 Å². The van der Waals surface area contributed by atoms with Gasteiger partial charge in [-0.25, -0.2) is 0 Å². The number of para-hydroxylation sites is 2. The van der Waals surface area contributed by atoms with Gasteiger partial charge in [0.1, 0.15) is 5.75 Å². The number of rotatable bonds is 8. The number of aromatic nitrogens is 1. The second-order valence-electron chi connectivity index (χ2n) is 7.91. The highest BCUT2D eigenvalue weighted by Gasteiger charge is 2.36. The van der Waals surface area contributed by atoms with E-state index in [9.17, 15) is 14.4 Å². The standard InChI is InChI=1S/C26H26N4O4/c1-2-34-23-9-4-3-8-22(23)30-17-20(15-24(30)31)25(32)28-16-18-6-5-7-21(14-18)29-26(33)19-10-12-27-13-11-19/h3-14,20H,2,15-17H2,1H3,(H,28,32)(H,29,33). The Morgan fingerprint density at radius 2 is 1.88 bits per heavy atom. The summed E-state index contributed by atoms with van der Waals surface area (Å²) in [5.74, 6) is -0.341. The van der Waals surface area contributed by atoms with Gasteiger partial charge in [0.15, 0.2) is 0 Å². The molecule has 34 heavy (non-hydrogen) atoms. The van der Waals surface area contributed by atoms with Gasteiger partial charge in [0.2, 0.25) is 11.8 Å². The quantitative estimate of drug-likeness (QED) is 0.539. The highest BCUT2D eigenvalue weighted by atomic mass is 16.5. The maximum absolute atomic E-state index is 12.8. The predicted octanol–water partition coefficient (Wildman–Crippen LogP) is 3.40. The van der Waals surface area contributed by atoms with E-state index in [1.54, 1.807) is 35.5 Å². The Morgan fingerprint density at radius 3 is 2.68 bits per heavy atom. The molecule has 1 unspecified atom stereocenters. The number of nitrogens with one attached hydrogen (secondary N) is 2. The van der Waals surface area contributed by atoms with Crippen LogP contribution in [0.15, 0.2) is 73.1 Å². The van der Waals surface area contributed by atoms with Gasteiger partial charge in [0, 0.05) is 43.2 Å². The number of ether oxygens (including phenoxy) is 1. The van der Waals surface area contributed by atoms with Crippen molar-refractivity contribution >= 4 is 29.1 Å². The lowest BCUT2D eigenvalue weighted by Gasteiger charge is -2.20. The average Bonchev–Trinajstić information content (AvgIpc) is 3.25. The van der Waals surface area contributed by atoms with Crippen LogP contribution in [0.3, 0.4) is 0 Å². The van der Waals surface area contributed by atoms with Crippen molar-refractivity contribution in [2.75, 3.05) is 23.4 Å². The van der Waals surface area contributed by atoms with Gasteiger partial charge in [-0.15, -0.1) is 0 Å². The molecule has 1 saturated heterocycles. The van der Waals surface area contributed by atoms with Gasteiger partial charge in [0.25, 0.3) is 5.91 Å². The average molecular weight is 459 g/mol. The lowest BCUT2D eigenvalue weighted by Crippen LogP contribution is -2.32. The van der Waals surface area contributed by atoms with E-state index < -0.39 is 5.92 Å². The zero-order valence-corrected chi connectivity index (χ0v) is 18.9. The molecule has 2 aromatic carbocycles. The number of carbonyl (C=O) groups excluding carboxylic acids is 3. The first-order chi connectivity index (χ1) is 16.5. The van der Waals surface area contributed by atoms with Crippen molar-refractivity contribution < 1.29 is 19.1 Å². The summed E-state index contributed by atoms with van der Waals surface area (Å²) in [6, 6.07) is 17.9. The van der Waals surface area contributed by atoms with Gasteiger partial charge in [0.05, 0.1) is 18.2 Å². The molecule has 4 rings (SSSR count). The monoisotopic (exact) mass is 458 g/mol. The number of benzene rings is 2. The largest absolute Gasteiger partial charge is 0.492 e. The summed E-state index contributed by atoms with van der Waals surface area (Å²) in [5, 5.41) is 5.76. The van der Waals surface area contributed by atoms with Crippen molar-refractivity contribution in [3.8, 4) is 5.75 Å². The molecule has 0 aliphatic carbocycles. The maximum Gasteiger partial charge on any atom is 0.255 e. The molecule has 174 valence electrons. The van der Waals surface area contributed by atoms with Gasteiger partial charge >= 0.3 is 0 Å². The minimum atomic E-state index is -0.447. The summed E-state index contributed by atoms with van der Waals surface area (Å²) in [7, 11) is 0. The van der Waals surface area contributed by atoms with Gasteiger partial charge in [-0.2, -0.15) is 0 Å². The summed E-state index contributed by atoms with van der Waals surface area (Å²) in [6.07, 6.45) is 3.27. The molecular formula is C26H26N4O4. The maximum atomic E-state index is 12.8. The Labute approximate surface area is 198 Å². The number of anilines is 2. The summed E-state index contributed by atoms with van der Waals surface area (Å²) >= 11 is 0. The molecule has 8 heteroatoms. The lowest BCUT2D eigenvalue weighted by atomic mass is 10.1. The third-order valence-corrected chi connectivity index (χ3v) is 5.55. The molecule has 0 radical (unpaired) electrons. The fourth-order valence-corrected chi connectivity index (χ4v) is 3.87. The Balaban J connectivity index is 1.35. The second-order valence-corrected chi connectivity index (χ2v) is 7.91. The Bertz CT molecular complexity index is 1180. The van der Waals surface area contributed by atoms with Crippen LogP contribution < -0.4 is 20.3 Å². The molecule has 3 aromatic rings. The van der Waals surface area contributed by atoms with E-state index in [0.29, 0.717) is 35.8 Å². The van der Waals surface area contributed by atoms with E-state index in [4.69, 9.17) is 4.74 Å². The summed E-state index contributed by atoms with van der Waals surface area (Å²) in [4.78, 5) is 43.3. The molecule has 0 saturated carbocycles. The zero-order chi connectivity index (χ0) is 23.9.